The van der Waals surface area contributed by atoms with Crippen molar-refractivity contribution in [2.45, 2.75) is 38.1 Å². The summed E-state index contributed by atoms with van der Waals surface area (Å²) in [6.07, 6.45) is 6.09. The second-order valence-electron chi connectivity index (χ2n) is 4.45. The fourth-order valence-electron chi connectivity index (χ4n) is 2.49. The number of benzene rings is 1. The lowest BCUT2D eigenvalue weighted by molar-refractivity contribution is 0.303. The minimum Gasteiger partial charge on any atom is -0.324 e. The van der Waals surface area contributed by atoms with E-state index < -0.39 is 0 Å². The maximum absolute atomic E-state index is 13.5. The third kappa shape index (κ3) is 2.37. The molecular weight excluding hydrogens is 189 g/mol. The highest BCUT2D eigenvalue weighted by molar-refractivity contribution is 5.21. The molecule has 2 N–H and O–H groups in total. The van der Waals surface area contributed by atoms with Crippen molar-refractivity contribution in [3.63, 3.8) is 0 Å². The van der Waals surface area contributed by atoms with E-state index in [2.05, 4.69) is 0 Å². The van der Waals surface area contributed by atoms with Crippen LogP contribution in [0.25, 0.3) is 0 Å². The zero-order valence-corrected chi connectivity index (χ0v) is 8.95. The summed E-state index contributed by atoms with van der Waals surface area (Å²) in [5, 5.41) is 0. The number of rotatable bonds is 2. The van der Waals surface area contributed by atoms with Crippen LogP contribution in [-0.2, 0) is 0 Å². The average Bonchev–Trinajstić information content (AvgIpc) is 2.30. The van der Waals surface area contributed by atoms with Crippen molar-refractivity contribution in [3.8, 4) is 0 Å². The van der Waals surface area contributed by atoms with Crippen LogP contribution in [-0.4, -0.2) is 0 Å². The van der Waals surface area contributed by atoms with Crippen LogP contribution >= 0.6 is 0 Å². The fraction of sp³-hybridized carbons (Fsp3) is 0.538. The Hall–Kier alpha value is -0.890. The van der Waals surface area contributed by atoms with Crippen LogP contribution in [0.4, 0.5) is 4.39 Å². The van der Waals surface area contributed by atoms with E-state index in [4.69, 9.17) is 5.73 Å². The highest BCUT2D eigenvalue weighted by Crippen LogP contribution is 2.33. The van der Waals surface area contributed by atoms with E-state index in [9.17, 15) is 4.39 Å². The number of nitrogens with two attached hydrogens (primary N) is 1. The standard InChI is InChI=1S/C13H18FN/c14-12-9-5-4-8-11(12)13(15)10-6-2-1-3-7-10/h4-5,8-10,13H,1-3,6-7,15H2/t13-/m0/s1. The van der Waals surface area contributed by atoms with Crippen LogP contribution in [0, 0.1) is 11.7 Å². The maximum Gasteiger partial charge on any atom is 0.127 e. The van der Waals surface area contributed by atoms with E-state index in [1.165, 1.54) is 25.3 Å². The van der Waals surface area contributed by atoms with E-state index in [0.29, 0.717) is 11.5 Å². The highest BCUT2D eigenvalue weighted by atomic mass is 19.1. The first-order valence-electron chi connectivity index (χ1n) is 5.79. The van der Waals surface area contributed by atoms with Crippen molar-refractivity contribution in [2.24, 2.45) is 11.7 Å². The average molecular weight is 207 g/mol. The first kappa shape index (κ1) is 10.6. The smallest absolute Gasteiger partial charge is 0.127 e. The first-order chi connectivity index (χ1) is 7.29. The van der Waals surface area contributed by atoms with Gasteiger partial charge in [-0.1, -0.05) is 37.5 Å². The van der Waals surface area contributed by atoms with Gasteiger partial charge in [-0.25, -0.2) is 4.39 Å². The van der Waals surface area contributed by atoms with Crippen LogP contribution in [0.2, 0.25) is 0 Å². The summed E-state index contributed by atoms with van der Waals surface area (Å²) in [6.45, 7) is 0. The second kappa shape index (κ2) is 4.75. The summed E-state index contributed by atoms with van der Waals surface area (Å²) in [7, 11) is 0. The minimum atomic E-state index is -0.157. The van der Waals surface area contributed by atoms with Crippen LogP contribution < -0.4 is 5.73 Å². The van der Waals surface area contributed by atoms with Crippen LogP contribution in [0.3, 0.4) is 0 Å². The molecule has 15 heavy (non-hydrogen) atoms. The van der Waals surface area contributed by atoms with Gasteiger partial charge in [-0.2, -0.15) is 0 Å². The van der Waals surface area contributed by atoms with Gasteiger partial charge in [-0.15, -0.1) is 0 Å². The molecule has 0 spiro atoms. The van der Waals surface area contributed by atoms with Gasteiger partial charge in [-0.3, -0.25) is 0 Å². The molecule has 0 saturated heterocycles. The van der Waals surface area contributed by atoms with E-state index in [-0.39, 0.29) is 11.9 Å². The van der Waals surface area contributed by atoms with Gasteiger partial charge < -0.3 is 5.73 Å². The normalized spacial score (nSPS) is 20.1. The molecule has 1 aliphatic carbocycles. The zero-order chi connectivity index (χ0) is 10.7. The Morgan fingerprint density at radius 1 is 1.13 bits per heavy atom. The molecule has 82 valence electrons. The van der Waals surface area contributed by atoms with E-state index in [0.717, 1.165) is 12.8 Å². The minimum absolute atomic E-state index is 0.119. The summed E-state index contributed by atoms with van der Waals surface area (Å²) in [4.78, 5) is 0. The molecule has 2 heteroatoms. The lowest BCUT2D eigenvalue weighted by Gasteiger charge is -2.27. The fourth-order valence-corrected chi connectivity index (χ4v) is 2.49. The van der Waals surface area contributed by atoms with Crippen LogP contribution in [0.1, 0.15) is 43.7 Å². The molecule has 1 fully saturated rings. The van der Waals surface area contributed by atoms with Gasteiger partial charge in [0.15, 0.2) is 0 Å². The summed E-state index contributed by atoms with van der Waals surface area (Å²) in [5.41, 5.74) is 6.82. The van der Waals surface area contributed by atoms with Crippen molar-refractivity contribution < 1.29 is 4.39 Å². The van der Waals surface area contributed by atoms with Gasteiger partial charge >= 0.3 is 0 Å². The van der Waals surface area contributed by atoms with E-state index >= 15 is 0 Å². The Balaban J connectivity index is 2.12. The summed E-state index contributed by atoms with van der Waals surface area (Å²) < 4.78 is 13.5. The predicted molar refractivity (Wildman–Crippen MR) is 59.9 cm³/mol. The van der Waals surface area contributed by atoms with Crippen molar-refractivity contribution in [1.82, 2.24) is 0 Å². The lowest BCUT2D eigenvalue weighted by Crippen LogP contribution is -2.24. The third-order valence-electron chi connectivity index (χ3n) is 3.42. The molecule has 0 aliphatic heterocycles. The van der Waals surface area contributed by atoms with E-state index in [1.807, 2.05) is 12.1 Å². The van der Waals surface area contributed by atoms with Gasteiger partial charge in [0.05, 0.1) is 0 Å². The second-order valence-corrected chi connectivity index (χ2v) is 4.45. The van der Waals surface area contributed by atoms with Crippen LogP contribution in [0.15, 0.2) is 24.3 Å². The molecule has 0 aromatic heterocycles. The molecule has 0 unspecified atom stereocenters. The van der Waals surface area contributed by atoms with E-state index in [1.54, 1.807) is 6.07 Å². The SMILES string of the molecule is N[C@H](c1ccccc1F)C1CCCCC1. The molecule has 1 aromatic rings. The molecule has 0 radical (unpaired) electrons. The van der Waals surface area contributed by atoms with Gasteiger partial charge in [-0.05, 0) is 24.8 Å². The molecule has 1 atom stereocenters. The maximum atomic E-state index is 13.5. The summed E-state index contributed by atoms with van der Waals surface area (Å²) in [5.74, 6) is 0.311. The molecule has 0 heterocycles. The zero-order valence-electron chi connectivity index (χ0n) is 8.95. The monoisotopic (exact) mass is 207 g/mol. The molecule has 1 nitrogen and oxygen atoms in total. The molecule has 0 bridgehead atoms. The summed E-state index contributed by atoms with van der Waals surface area (Å²) >= 11 is 0. The molecule has 0 amide bonds. The largest absolute Gasteiger partial charge is 0.324 e. The molecule has 2 rings (SSSR count). The Kier molecular flexibility index (Phi) is 3.37. The van der Waals surface area contributed by atoms with Gasteiger partial charge in [0, 0.05) is 11.6 Å². The quantitative estimate of drug-likeness (QED) is 0.790. The van der Waals surface area contributed by atoms with Gasteiger partial charge in [0.2, 0.25) is 0 Å². The number of halogens is 1. The van der Waals surface area contributed by atoms with Crippen molar-refractivity contribution in [2.75, 3.05) is 0 Å². The number of hydrogen-bond donors (Lipinski definition) is 1. The Morgan fingerprint density at radius 3 is 2.47 bits per heavy atom. The summed E-state index contributed by atoms with van der Waals surface area (Å²) in [6, 6.07) is 6.77. The van der Waals surface area contributed by atoms with Gasteiger partial charge in [0.1, 0.15) is 5.82 Å². The Morgan fingerprint density at radius 2 is 1.80 bits per heavy atom. The molecule has 1 aliphatic rings. The van der Waals surface area contributed by atoms with Crippen LogP contribution in [0.5, 0.6) is 0 Å². The van der Waals surface area contributed by atoms with Crippen molar-refractivity contribution in [3.05, 3.63) is 35.6 Å². The Bertz CT molecular complexity index is 318. The lowest BCUT2D eigenvalue weighted by atomic mass is 9.81. The van der Waals surface area contributed by atoms with Crippen molar-refractivity contribution >= 4 is 0 Å². The first-order valence-corrected chi connectivity index (χ1v) is 5.79. The highest BCUT2D eigenvalue weighted by Gasteiger charge is 2.23. The van der Waals surface area contributed by atoms with Gasteiger partial charge in [0.25, 0.3) is 0 Å². The molecule has 1 aromatic carbocycles. The topological polar surface area (TPSA) is 26.0 Å². The Labute approximate surface area is 90.5 Å². The number of hydrogen-bond acceptors (Lipinski definition) is 1. The molecule has 1 saturated carbocycles. The predicted octanol–water partition coefficient (Wildman–Crippen LogP) is 3.41. The third-order valence-corrected chi connectivity index (χ3v) is 3.42. The molecular formula is C13H18FN. The van der Waals surface area contributed by atoms with Crippen molar-refractivity contribution in [1.29, 1.82) is 0 Å².